The number of hydrogen-bond acceptors (Lipinski definition) is 4. The normalized spacial score (nSPS) is 18.0. The minimum Gasteiger partial charge on any atom is -0.497 e. The predicted octanol–water partition coefficient (Wildman–Crippen LogP) is 2.51. The Morgan fingerprint density at radius 3 is 2.54 bits per heavy atom. The van der Waals surface area contributed by atoms with Gasteiger partial charge in [-0.15, -0.1) is 0 Å². The van der Waals surface area contributed by atoms with Crippen LogP contribution in [0.1, 0.15) is 17.5 Å². The first-order valence-corrected chi connectivity index (χ1v) is 9.30. The third-order valence-electron chi connectivity index (χ3n) is 4.29. The largest absolute Gasteiger partial charge is 0.497 e. The SMILES string of the molecule is COc1ccc2c(c1)N(S(=O)(=O)c1ccc(C)cc1)CCC(O)C2. The summed E-state index contributed by atoms with van der Waals surface area (Å²) in [4.78, 5) is 0.248. The van der Waals surface area contributed by atoms with Gasteiger partial charge in [0.2, 0.25) is 0 Å². The fraction of sp³-hybridized carbons (Fsp3) is 0.333. The highest BCUT2D eigenvalue weighted by atomic mass is 32.2. The summed E-state index contributed by atoms with van der Waals surface area (Å²) in [6.45, 7) is 2.15. The molecule has 1 N–H and O–H groups in total. The molecule has 0 spiro atoms. The molecule has 0 radical (unpaired) electrons. The average molecular weight is 347 g/mol. The lowest BCUT2D eigenvalue weighted by Gasteiger charge is -2.25. The predicted molar refractivity (Wildman–Crippen MR) is 93.0 cm³/mol. The first-order valence-electron chi connectivity index (χ1n) is 7.86. The van der Waals surface area contributed by atoms with E-state index in [9.17, 15) is 13.5 Å². The zero-order valence-corrected chi connectivity index (χ0v) is 14.6. The molecule has 1 heterocycles. The molecular formula is C18H21NO4S. The topological polar surface area (TPSA) is 66.8 Å². The van der Waals surface area contributed by atoms with E-state index in [1.807, 2.05) is 13.0 Å². The van der Waals surface area contributed by atoms with Crippen molar-refractivity contribution in [2.75, 3.05) is 18.0 Å². The fourth-order valence-electron chi connectivity index (χ4n) is 2.91. The lowest BCUT2D eigenvalue weighted by Crippen LogP contribution is -2.32. The molecule has 5 nitrogen and oxygen atoms in total. The van der Waals surface area contributed by atoms with E-state index in [2.05, 4.69) is 0 Å². The summed E-state index contributed by atoms with van der Waals surface area (Å²) in [5.74, 6) is 0.592. The van der Waals surface area contributed by atoms with Crippen molar-refractivity contribution in [2.24, 2.45) is 0 Å². The second-order valence-electron chi connectivity index (χ2n) is 6.03. The van der Waals surface area contributed by atoms with E-state index in [4.69, 9.17) is 4.74 Å². The lowest BCUT2D eigenvalue weighted by molar-refractivity contribution is 0.170. The number of methoxy groups -OCH3 is 1. The summed E-state index contributed by atoms with van der Waals surface area (Å²) in [6, 6.07) is 12.1. The molecular weight excluding hydrogens is 326 g/mol. The van der Waals surface area contributed by atoms with Crippen LogP contribution < -0.4 is 9.04 Å². The third-order valence-corrected chi connectivity index (χ3v) is 6.12. The van der Waals surface area contributed by atoms with Gasteiger partial charge in [0, 0.05) is 19.0 Å². The van der Waals surface area contributed by atoms with E-state index in [-0.39, 0.29) is 11.4 Å². The zero-order valence-electron chi connectivity index (χ0n) is 13.8. The van der Waals surface area contributed by atoms with E-state index in [0.29, 0.717) is 24.3 Å². The van der Waals surface area contributed by atoms with Gasteiger partial charge in [-0.1, -0.05) is 23.8 Å². The van der Waals surface area contributed by atoms with Crippen LogP contribution in [0.15, 0.2) is 47.4 Å². The monoisotopic (exact) mass is 347 g/mol. The molecule has 1 unspecified atom stereocenters. The second-order valence-corrected chi connectivity index (χ2v) is 7.89. The van der Waals surface area contributed by atoms with Crippen molar-refractivity contribution in [1.82, 2.24) is 0 Å². The molecule has 1 atom stereocenters. The number of anilines is 1. The highest BCUT2D eigenvalue weighted by Crippen LogP contribution is 2.34. The van der Waals surface area contributed by atoms with E-state index >= 15 is 0 Å². The number of nitrogens with zero attached hydrogens (tertiary/aromatic N) is 1. The molecule has 6 heteroatoms. The minimum absolute atomic E-state index is 0.234. The number of benzene rings is 2. The molecule has 0 saturated heterocycles. The number of aliphatic hydroxyl groups is 1. The Bertz CT molecular complexity index is 831. The first kappa shape index (κ1) is 16.8. The average Bonchev–Trinajstić information content (AvgIpc) is 2.73. The Kier molecular flexibility index (Phi) is 4.51. The number of sulfonamides is 1. The summed E-state index contributed by atoms with van der Waals surface area (Å²) < 4.78 is 32.9. The van der Waals surface area contributed by atoms with Crippen molar-refractivity contribution in [3.63, 3.8) is 0 Å². The van der Waals surface area contributed by atoms with Crippen molar-refractivity contribution in [2.45, 2.75) is 30.8 Å². The summed E-state index contributed by atoms with van der Waals surface area (Å²) in [5.41, 5.74) is 2.38. The minimum atomic E-state index is -3.70. The Balaban J connectivity index is 2.11. The Morgan fingerprint density at radius 1 is 1.17 bits per heavy atom. The summed E-state index contributed by atoms with van der Waals surface area (Å²) in [5, 5.41) is 10.1. The maximum Gasteiger partial charge on any atom is 0.264 e. The van der Waals surface area contributed by atoms with Crippen LogP contribution in [-0.4, -0.2) is 33.3 Å². The Hall–Kier alpha value is -2.05. The zero-order chi connectivity index (χ0) is 17.3. The highest BCUT2D eigenvalue weighted by Gasteiger charge is 2.30. The van der Waals surface area contributed by atoms with E-state index in [1.54, 1.807) is 43.5 Å². The number of aliphatic hydroxyl groups excluding tert-OH is 1. The molecule has 3 rings (SSSR count). The van der Waals surface area contributed by atoms with Crippen molar-refractivity contribution in [1.29, 1.82) is 0 Å². The number of hydrogen-bond donors (Lipinski definition) is 1. The molecule has 2 aromatic rings. The Morgan fingerprint density at radius 2 is 1.88 bits per heavy atom. The van der Waals surface area contributed by atoms with E-state index in [1.165, 1.54) is 4.31 Å². The lowest BCUT2D eigenvalue weighted by atomic mass is 10.1. The second kappa shape index (κ2) is 6.45. The molecule has 24 heavy (non-hydrogen) atoms. The number of ether oxygens (including phenoxy) is 1. The molecule has 2 aromatic carbocycles. The number of rotatable bonds is 3. The van der Waals surface area contributed by atoms with E-state index < -0.39 is 16.1 Å². The maximum absolute atomic E-state index is 13.1. The van der Waals surface area contributed by atoms with Crippen LogP contribution in [0.2, 0.25) is 0 Å². The highest BCUT2D eigenvalue weighted by molar-refractivity contribution is 7.92. The van der Waals surface area contributed by atoms with Crippen LogP contribution in [-0.2, 0) is 16.4 Å². The quantitative estimate of drug-likeness (QED) is 0.926. The standard InChI is InChI=1S/C18H21NO4S/c1-13-3-7-17(8-4-13)24(21,22)19-10-9-15(20)11-14-5-6-16(23-2)12-18(14)19/h3-8,12,15,20H,9-11H2,1-2H3. The number of aryl methyl sites for hydroxylation is 1. The van der Waals surface area contributed by atoms with Gasteiger partial charge in [-0.05, 0) is 37.1 Å². The van der Waals surface area contributed by atoms with Gasteiger partial charge in [0.25, 0.3) is 10.0 Å². The van der Waals surface area contributed by atoms with Crippen molar-refractivity contribution in [3.8, 4) is 5.75 Å². The first-order chi connectivity index (χ1) is 11.4. The molecule has 0 saturated carbocycles. The summed E-state index contributed by atoms with van der Waals surface area (Å²) in [6.07, 6.45) is 0.261. The summed E-state index contributed by atoms with van der Waals surface area (Å²) in [7, 11) is -2.15. The van der Waals surface area contributed by atoms with Gasteiger partial charge < -0.3 is 9.84 Å². The van der Waals surface area contributed by atoms with Gasteiger partial charge >= 0.3 is 0 Å². The molecule has 0 aromatic heterocycles. The van der Waals surface area contributed by atoms with Gasteiger partial charge in [0.15, 0.2) is 0 Å². The van der Waals surface area contributed by atoms with Crippen LogP contribution in [0, 0.1) is 6.92 Å². The third kappa shape index (κ3) is 3.12. The maximum atomic E-state index is 13.1. The fourth-order valence-corrected chi connectivity index (χ4v) is 4.41. The van der Waals surface area contributed by atoms with Crippen molar-refractivity contribution >= 4 is 15.7 Å². The van der Waals surface area contributed by atoms with Crippen LogP contribution in [0.25, 0.3) is 0 Å². The van der Waals surface area contributed by atoms with Crippen LogP contribution >= 0.6 is 0 Å². The molecule has 128 valence electrons. The molecule has 1 aliphatic heterocycles. The smallest absolute Gasteiger partial charge is 0.264 e. The van der Waals surface area contributed by atoms with Crippen molar-refractivity contribution < 1.29 is 18.3 Å². The van der Waals surface area contributed by atoms with Crippen LogP contribution in [0.4, 0.5) is 5.69 Å². The van der Waals surface area contributed by atoms with Gasteiger partial charge in [-0.2, -0.15) is 0 Å². The molecule has 0 bridgehead atoms. The molecule has 0 aliphatic carbocycles. The van der Waals surface area contributed by atoms with Crippen LogP contribution in [0.3, 0.4) is 0 Å². The molecule has 0 fully saturated rings. The molecule has 1 aliphatic rings. The van der Waals surface area contributed by atoms with Gasteiger partial charge in [-0.25, -0.2) is 8.42 Å². The molecule has 0 amide bonds. The van der Waals surface area contributed by atoms with Crippen molar-refractivity contribution in [3.05, 3.63) is 53.6 Å². The van der Waals surface area contributed by atoms with Gasteiger partial charge in [0.05, 0.1) is 23.8 Å². The Labute approximate surface area is 142 Å². The summed E-state index contributed by atoms with van der Waals surface area (Å²) >= 11 is 0. The van der Waals surface area contributed by atoms with Gasteiger partial charge in [-0.3, -0.25) is 4.31 Å². The van der Waals surface area contributed by atoms with Gasteiger partial charge in [0.1, 0.15) is 5.75 Å². The number of fused-ring (bicyclic) bond motifs is 1. The van der Waals surface area contributed by atoms with Crippen LogP contribution in [0.5, 0.6) is 5.75 Å². The van der Waals surface area contributed by atoms with E-state index in [0.717, 1.165) is 11.1 Å².